The predicted molar refractivity (Wildman–Crippen MR) is 85.4 cm³/mol. The van der Waals surface area contributed by atoms with Gasteiger partial charge in [-0.25, -0.2) is 4.98 Å². The summed E-state index contributed by atoms with van der Waals surface area (Å²) < 4.78 is 43.3. The molecule has 0 bridgehead atoms. The van der Waals surface area contributed by atoms with Crippen LogP contribution in [-0.4, -0.2) is 35.0 Å². The van der Waals surface area contributed by atoms with Crippen LogP contribution in [0, 0.1) is 0 Å². The Labute approximate surface area is 147 Å². The SMILES string of the molecule is O=C(Cc1ccccc1Cl)N1CC(Oc2cccc(C(F)(F)F)n2)C1. The molecule has 0 atom stereocenters. The molecule has 1 aliphatic rings. The van der Waals surface area contributed by atoms with Crippen molar-refractivity contribution < 1.29 is 22.7 Å². The molecule has 0 radical (unpaired) electrons. The molecule has 1 aromatic carbocycles. The molecule has 1 saturated heterocycles. The number of pyridine rings is 1. The number of alkyl halides is 3. The highest BCUT2D eigenvalue weighted by atomic mass is 35.5. The van der Waals surface area contributed by atoms with Crippen molar-refractivity contribution in [2.24, 2.45) is 0 Å². The van der Waals surface area contributed by atoms with E-state index in [1.807, 2.05) is 0 Å². The number of nitrogens with zero attached hydrogens (tertiary/aromatic N) is 2. The largest absolute Gasteiger partial charge is 0.471 e. The lowest BCUT2D eigenvalue weighted by Gasteiger charge is -2.38. The molecule has 0 unspecified atom stereocenters. The lowest BCUT2D eigenvalue weighted by Crippen LogP contribution is -2.56. The minimum Gasteiger partial charge on any atom is -0.471 e. The molecule has 8 heteroatoms. The Kier molecular flexibility index (Phi) is 4.85. The molecule has 0 saturated carbocycles. The fraction of sp³-hybridized carbons (Fsp3) is 0.294. The van der Waals surface area contributed by atoms with Crippen molar-refractivity contribution in [1.29, 1.82) is 0 Å². The van der Waals surface area contributed by atoms with Crippen LogP contribution in [0.5, 0.6) is 5.88 Å². The average molecular weight is 371 g/mol. The molecule has 2 aromatic rings. The van der Waals surface area contributed by atoms with E-state index in [9.17, 15) is 18.0 Å². The highest BCUT2D eigenvalue weighted by molar-refractivity contribution is 6.31. The number of carbonyl (C=O) groups is 1. The van der Waals surface area contributed by atoms with Crippen LogP contribution in [0.4, 0.5) is 13.2 Å². The summed E-state index contributed by atoms with van der Waals surface area (Å²) in [5.74, 6) is -0.206. The van der Waals surface area contributed by atoms with E-state index >= 15 is 0 Å². The first kappa shape index (κ1) is 17.5. The number of ether oxygens (including phenoxy) is 1. The molecule has 0 spiro atoms. The minimum absolute atomic E-state index is 0.0990. The number of hydrogen-bond acceptors (Lipinski definition) is 3. The Hall–Kier alpha value is -2.28. The van der Waals surface area contributed by atoms with Gasteiger partial charge in [0, 0.05) is 11.1 Å². The quantitative estimate of drug-likeness (QED) is 0.826. The van der Waals surface area contributed by atoms with Crippen molar-refractivity contribution in [3.05, 3.63) is 58.7 Å². The topological polar surface area (TPSA) is 42.4 Å². The number of halogens is 4. The maximum Gasteiger partial charge on any atom is 0.433 e. The van der Waals surface area contributed by atoms with Gasteiger partial charge in [0.25, 0.3) is 0 Å². The minimum atomic E-state index is -4.52. The maximum atomic E-state index is 12.6. The van der Waals surface area contributed by atoms with Gasteiger partial charge in [0.05, 0.1) is 19.5 Å². The van der Waals surface area contributed by atoms with E-state index in [1.54, 1.807) is 29.2 Å². The smallest absolute Gasteiger partial charge is 0.433 e. The van der Waals surface area contributed by atoms with Gasteiger partial charge in [-0.2, -0.15) is 13.2 Å². The summed E-state index contributed by atoms with van der Waals surface area (Å²) in [6.07, 6.45) is -4.71. The van der Waals surface area contributed by atoms with E-state index in [1.165, 1.54) is 12.1 Å². The normalized spacial score (nSPS) is 15.0. The number of rotatable bonds is 4. The van der Waals surface area contributed by atoms with E-state index < -0.39 is 11.9 Å². The predicted octanol–water partition coefficient (Wildman–Crippen LogP) is 3.59. The van der Waals surface area contributed by atoms with Crippen molar-refractivity contribution in [3.63, 3.8) is 0 Å². The standard InChI is InChI=1S/C17H14ClF3N2O2/c18-13-5-2-1-4-11(13)8-16(24)23-9-12(10-23)25-15-7-3-6-14(22-15)17(19,20)21/h1-7,12H,8-10H2. The molecular formula is C17H14ClF3N2O2. The molecule has 132 valence electrons. The van der Waals surface area contributed by atoms with Crippen LogP contribution in [-0.2, 0) is 17.4 Å². The van der Waals surface area contributed by atoms with Gasteiger partial charge in [0.1, 0.15) is 11.8 Å². The molecule has 1 aromatic heterocycles. The molecule has 4 nitrogen and oxygen atoms in total. The second-order valence-electron chi connectivity index (χ2n) is 5.67. The van der Waals surface area contributed by atoms with Gasteiger partial charge < -0.3 is 9.64 Å². The Bertz CT molecular complexity index is 776. The Morgan fingerprint density at radius 2 is 1.92 bits per heavy atom. The third-order valence-electron chi connectivity index (χ3n) is 3.80. The maximum absolute atomic E-state index is 12.6. The van der Waals surface area contributed by atoms with E-state index in [-0.39, 0.29) is 24.3 Å². The number of benzene rings is 1. The Morgan fingerprint density at radius 1 is 1.20 bits per heavy atom. The lowest BCUT2D eigenvalue weighted by atomic mass is 10.1. The summed E-state index contributed by atoms with van der Waals surface area (Å²) in [6.45, 7) is 0.614. The van der Waals surface area contributed by atoms with Crippen LogP contribution in [0.3, 0.4) is 0 Å². The van der Waals surface area contributed by atoms with Crippen LogP contribution in [0.2, 0.25) is 5.02 Å². The second-order valence-corrected chi connectivity index (χ2v) is 6.07. The molecule has 1 fully saturated rings. The van der Waals surface area contributed by atoms with Crippen LogP contribution >= 0.6 is 11.6 Å². The monoisotopic (exact) mass is 370 g/mol. The second kappa shape index (κ2) is 6.92. The molecule has 0 aliphatic carbocycles. The number of likely N-dealkylation sites (tertiary alicyclic amines) is 1. The van der Waals surface area contributed by atoms with E-state index in [4.69, 9.17) is 16.3 Å². The van der Waals surface area contributed by atoms with E-state index in [2.05, 4.69) is 4.98 Å². The number of carbonyl (C=O) groups excluding carboxylic acids is 1. The average Bonchev–Trinajstić information content (AvgIpc) is 2.52. The molecule has 1 aliphatic heterocycles. The molecule has 3 rings (SSSR count). The summed E-state index contributed by atoms with van der Waals surface area (Å²) in [7, 11) is 0. The number of amides is 1. The number of hydrogen-bond donors (Lipinski definition) is 0. The van der Waals surface area contributed by atoms with Crippen molar-refractivity contribution in [3.8, 4) is 5.88 Å². The van der Waals surface area contributed by atoms with E-state index in [0.717, 1.165) is 11.6 Å². The molecule has 2 heterocycles. The van der Waals surface area contributed by atoms with Gasteiger partial charge in [-0.3, -0.25) is 4.79 Å². The molecule has 1 amide bonds. The Morgan fingerprint density at radius 3 is 2.60 bits per heavy atom. The highest BCUT2D eigenvalue weighted by Gasteiger charge is 2.35. The lowest BCUT2D eigenvalue weighted by molar-refractivity contribution is -0.141. The van der Waals surface area contributed by atoms with Crippen molar-refractivity contribution in [1.82, 2.24) is 9.88 Å². The first-order valence-corrected chi connectivity index (χ1v) is 7.93. The van der Waals surface area contributed by atoms with Gasteiger partial charge in [-0.1, -0.05) is 35.9 Å². The Balaban J connectivity index is 1.53. The fourth-order valence-electron chi connectivity index (χ4n) is 2.44. The fourth-order valence-corrected chi connectivity index (χ4v) is 2.64. The molecular weight excluding hydrogens is 357 g/mol. The first-order chi connectivity index (χ1) is 11.8. The summed E-state index contributed by atoms with van der Waals surface area (Å²) >= 11 is 6.03. The first-order valence-electron chi connectivity index (χ1n) is 7.55. The zero-order chi connectivity index (χ0) is 18.0. The van der Waals surface area contributed by atoms with Crippen LogP contribution in [0.1, 0.15) is 11.3 Å². The summed E-state index contributed by atoms with van der Waals surface area (Å²) in [5.41, 5.74) is -0.269. The zero-order valence-electron chi connectivity index (χ0n) is 13.0. The zero-order valence-corrected chi connectivity index (χ0v) is 13.7. The van der Waals surface area contributed by atoms with Gasteiger partial charge >= 0.3 is 6.18 Å². The summed E-state index contributed by atoms with van der Waals surface area (Å²) in [6, 6.07) is 10.6. The highest BCUT2D eigenvalue weighted by Crippen LogP contribution is 2.29. The van der Waals surface area contributed by atoms with E-state index in [0.29, 0.717) is 18.1 Å². The van der Waals surface area contributed by atoms with Crippen molar-refractivity contribution in [2.75, 3.05) is 13.1 Å². The van der Waals surface area contributed by atoms with Gasteiger partial charge in [0.2, 0.25) is 11.8 Å². The van der Waals surface area contributed by atoms with Crippen molar-refractivity contribution >= 4 is 17.5 Å². The molecule has 25 heavy (non-hydrogen) atoms. The molecule has 0 N–H and O–H groups in total. The van der Waals surface area contributed by atoms with Gasteiger partial charge in [-0.05, 0) is 17.7 Å². The van der Waals surface area contributed by atoms with Crippen LogP contribution < -0.4 is 4.74 Å². The summed E-state index contributed by atoms with van der Waals surface area (Å²) in [4.78, 5) is 17.2. The van der Waals surface area contributed by atoms with Gasteiger partial charge in [0.15, 0.2) is 0 Å². The third kappa shape index (κ3) is 4.22. The third-order valence-corrected chi connectivity index (χ3v) is 4.17. The number of aromatic nitrogens is 1. The van der Waals surface area contributed by atoms with Gasteiger partial charge in [-0.15, -0.1) is 0 Å². The van der Waals surface area contributed by atoms with Crippen LogP contribution in [0.25, 0.3) is 0 Å². The summed E-state index contributed by atoms with van der Waals surface area (Å²) in [5, 5.41) is 0.525. The van der Waals surface area contributed by atoms with Crippen LogP contribution in [0.15, 0.2) is 42.5 Å². The van der Waals surface area contributed by atoms with Crippen molar-refractivity contribution in [2.45, 2.75) is 18.7 Å².